The van der Waals surface area contributed by atoms with Crippen LogP contribution in [-0.4, -0.2) is 30.6 Å². The molecule has 0 fully saturated rings. The van der Waals surface area contributed by atoms with Gasteiger partial charge in [0.1, 0.15) is 5.82 Å². The molecule has 0 bridgehead atoms. The molecule has 3 aromatic rings. The number of hydrogen-bond acceptors (Lipinski definition) is 4. The third kappa shape index (κ3) is 2.24. The van der Waals surface area contributed by atoms with Gasteiger partial charge in [-0.15, -0.1) is 10.2 Å². The fraction of sp³-hybridized carbons (Fsp3) is 0.333. The molecule has 1 aliphatic rings. The van der Waals surface area contributed by atoms with Gasteiger partial charge in [0.25, 0.3) is 5.91 Å². The summed E-state index contributed by atoms with van der Waals surface area (Å²) in [5.41, 5.74) is 2.31. The minimum atomic E-state index is -0.121. The summed E-state index contributed by atoms with van der Waals surface area (Å²) in [4.78, 5) is 19.4. The summed E-state index contributed by atoms with van der Waals surface area (Å²) < 4.78 is 2.11. The quantitative estimate of drug-likeness (QED) is 0.765. The first-order valence-corrected chi connectivity index (χ1v) is 7.43. The van der Waals surface area contributed by atoms with Crippen LogP contribution in [0.4, 0.5) is 0 Å². The number of nitrogens with zero attached hydrogens (tertiary/aromatic N) is 4. The van der Waals surface area contributed by atoms with Gasteiger partial charge in [-0.25, -0.2) is 4.98 Å². The maximum absolute atomic E-state index is 12.3. The van der Waals surface area contributed by atoms with Crippen LogP contribution in [0.15, 0.2) is 24.5 Å². The van der Waals surface area contributed by atoms with Gasteiger partial charge >= 0.3 is 0 Å². The highest BCUT2D eigenvalue weighted by molar-refractivity contribution is 5.97. The van der Waals surface area contributed by atoms with Crippen molar-refractivity contribution >= 4 is 16.9 Å². The predicted octanol–water partition coefficient (Wildman–Crippen LogP) is 1.42. The van der Waals surface area contributed by atoms with Gasteiger partial charge in [-0.05, 0) is 31.0 Å². The average Bonchev–Trinajstić information content (AvgIpc) is 3.18. The van der Waals surface area contributed by atoms with E-state index in [2.05, 4.69) is 30.0 Å². The number of imidazole rings is 1. The van der Waals surface area contributed by atoms with Crippen LogP contribution in [0.2, 0.25) is 0 Å². The van der Waals surface area contributed by atoms with Crippen molar-refractivity contribution in [2.24, 2.45) is 0 Å². The Bertz CT molecular complexity index is 834. The van der Waals surface area contributed by atoms with Crippen molar-refractivity contribution in [1.82, 2.24) is 30.0 Å². The van der Waals surface area contributed by atoms with Crippen LogP contribution in [-0.2, 0) is 19.5 Å². The van der Waals surface area contributed by atoms with Crippen molar-refractivity contribution in [1.29, 1.82) is 0 Å². The Kier molecular flexibility index (Phi) is 3.10. The summed E-state index contributed by atoms with van der Waals surface area (Å²) in [6.45, 7) is 1.33. The molecular formula is C15H16N6O. The van der Waals surface area contributed by atoms with E-state index in [0.29, 0.717) is 12.1 Å². The molecule has 2 aromatic heterocycles. The van der Waals surface area contributed by atoms with E-state index in [9.17, 15) is 4.79 Å². The zero-order valence-corrected chi connectivity index (χ0v) is 12.0. The first kappa shape index (κ1) is 13.0. The standard InChI is InChI=1S/C15H16N6O/c22-15(10-4-5-11-12(7-10)18-9-17-11)16-8-14-20-19-13-3-1-2-6-21(13)14/h4-5,7,9H,1-3,6,8H2,(H,16,22)(H,17,18). The van der Waals surface area contributed by atoms with E-state index in [0.717, 1.165) is 48.5 Å². The van der Waals surface area contributed by atoms with Crippen molar-refractivity contribution in [3.8, 4) is 0 Å². The molecule has 0 radical (unpaired) electrons. The molecule has 0 unspecified atom stereocenters. The lowest BCUT2D eigenvalue weighted by Gasteiger charge is -2.14. The SMILES string of the molecule is O=C(NCc1nnc2n1CCCC2)c1ccc2nc[nH]c2c1. The summed E-state index contributed by atoms with van der Waals surface area (Å²) in [6.07, 6.45) is 4.89. The van der Waals surface area contributed by atoms with Gasteiger partial charge in [0.15, 0.2) is 5.82 Å². The molecule has 3 heterocycles. The number of hydrogen-bond donors (Lipinski definition) is 2. The third-order valence-corrected chi connectivity index (χ3v) is 4.03. The van der Waals surface area contributed by atoms with E-state index in [-0.39, 0.29) is 5.91 Å². The Hall–Kier alpha value is -2.70. The zero-order valence-electron chi connectivity index (χ0n) is 12.0. The van der Waals surface area contributed by atoms with E-state index in [1.54, 1.807) is 18.5 Å². The molecule has 22 heavy (non-hydrogen) atoms. The van der Waals surface area contributed by atoms with Crippen LogP contribution in [0.1, 0.15) is 34.8 Å². The molecule has 1 amide bonds. The van der Waals surface area contributed by atoms with Crippen LogP contribution in [0.25, 0.3) is 11.0 Å². The molecule has 0 aliphatic carbocycles. The topological polar surface area (TPSA) is 88.5 Å². The Morgan fingerprint density at radius 1 is 1.32 bits per heavy atom. The number of amides is 1. The maximum atomic E-state index is 12.3. The van der Waals surface area contributed by atoms with Crippen LogP contribution >= 0.6 is 0 Å². The smallest absolute Gasteiger partial charge is 0.251 e. The number of H-pyrrole nitrogens is 1. The second kappa shape index (κ2) is 5.25. The Labute approximate surface area is 126 Å². The van der Waals surface area contributed by atoms with Gasteiger partial charge in [0, 0.05) is 18.5 Å². The normalized spacial score (nSPS) is 14.0. The number of nitrogens with one attached hydrogen (secondary N) is 2. The average molecular weight is 296 g/mol. The first-order chi connectivity index (χ1) is 10.8. The van der Waals surface area contributed by atoms with Crippen molar-refractivity contribution < 1.29 is 4.79 Å². The number of fused-ring (bicyclic) bond motifs is 2. The zero-order chi connectivity index (χ0) is 14.9. The van der Waals surface area contributed by atoms with Crippen LogP contribution in [0.3, 0.4) is 0 Å². The molecule has 0 saturated heterocycles. The summed E-state index contributed by atoms with van der Waals surface area (Å²) in [7, 11) is 0. The van der Waals surface area contributed by atoms with Crippen LogP contribution in [0.5, 0.6) is 0 Å². The van der Waals surface area contributed by atoms with Crippen LogP contribution < -0.4 is 5.32 Å². The van der Waals surface area contributed by atoms with Gasteiger partial charge in [0.2, 0.25) is 0 Å². The molecule has 0 atom stereocenters. The maximum Gasteiger partial charge on any atom is 0.251 e. The Morgan fingerprint density at radius 2 is 2.27 bits per heavy atom. The molecule has 0 saturated carbocycles. The monoisotopic (exact) mass is 296 g/mol. The predicted molar refractivity (Wildman–Crippen MR) is 80.2 cm³/mol. The number of aromatic nitrogens is 5. The van der Waals surface area contributed by atoms with E-state index >= 15 is 0 Å². The molecule has 112 valence electrons. The summed E-state index contributed by atoms with van der Waals surface area (Å²) in [5.74, 6) is 1.73. The fourth-order valence-electron chi connectivity index (χ4n) is 2.84. The Morgan fingerprint density at radius 3 is 3.23 bits per heavy atom. The number of benzene rings is 1. The van der Waals surface area contributed by atoms with E-state index in [1.165, 1.54) is 0 Å². The molecule has 7 heteroatoms. The number of carbonyl (C=O) groups excluding carboxylic acids is 1. The highest BCUT2D eigenvalue weighted by atomic mass is 16.1. The number of aromatic amines is 1. The molecule has 2 N–H and O–H groups in total. The van der Waals surface area contributed by atoms with Gasteiger partial charge in [0.05, 0.1) is 23.9 Å². The van der Waals surface area contributed by atoms with Gasteiger partial charge < -0.3 is 14.9 Å². The van der Waals surface area contributed by atoms with Crippen molar-refractivity contribution in [3.63, 3.8) is 0 Å². The largest absolute Gasteiger partial charge is 0.345 e. The molecule has 1 aromatic carbocycles. The summed E-state index contributed by atoms with van der Waals surface area (Å²) >= 11 is 0. The highest BCUT2D eigenvalue weighted by Crippen LogP contribution is 2.15. The Balaban J connectivity index is 1.49. The molecule has 7 nitrogen and oxygen atoms in total. The van der Waals surface area contributed by atoms with Crippen molar-refractivity contribution in [2.75, 3.05) is 0 Å². The molecule has 0 spiro atoms. The van der Waals surface area contributed by atoms with E-state index in [4.69, 9.17) is 0 Å². The lowest BCUT2D eigenvalue weighted by atomic mass is 10.1. The molecule has 1 aliphatic heterocycles. The van der Waals surface area contributed by atoms with Crippen molar-refractivity contribution in [3.05, 3.63) is 41.7 Å². The summed E-state index contributed by atoms with van der Waals surface area (Å²) in [6, 6.07) is 5.41. The lowest BCUT2D eigenvalue weighted by Crippen LogP contribution is -2.25. The molecule has 4 rings (SSSR count). The van der Waals surface area contributed by atoms with E-state index < -0.39 is 0 Å². The minimum Gasteiger partial charge on any atom is -0.345 e. The first-order valence-electron chi connectivity index (χ1n) is 7.43. The molecular weight excluding hydrogens is 280 g/mol. The fourth-order valence-corrected chi connectivity index (χ4v) is 2.84. The van der Waals surface area contributed by atoms with Gasteiger partial charge in [-0.2, -0.15) is 0 Å². The van der Waals surface area contributed by atoms with Crippen LogP contribution in [0, 0.1) is 0 Å². The van der Waals surface area contributed by atoms with Crippen molar-refractivity contribution in [2.45, 2.75) is 32.4 Å². The summed E-state index contributed by atoms with van der Waals surface area (Å²) in [5, 5.41) is 11.3. The second-order valence-corrected chi connectivity index (χ2v) is 5.46. The number of carbonyl (C=O) groups is 1. The number of aryl methyl sites for hydroxylation is 1. The number of rotatable bonds is 3. The second-order valence-electron chi connectivity index (χ2n) is 5.46. The highest BCUT2D eigenvalue weighted by Gasteiger charge is 2.16. The minimum absolute atomic E-state index is 0.121. The van der Waals surface area contributed by atoms with Gasteiger partial charge in [-0.3, -0.25) is 4.79 Å². The third-order valence-electron chi connectivity index (χ3n) is 4.03. The van der Waals surface area contributed by atoms with E-state index in [1.807, 2.05) is 6.07 Å². The lowest BCUT2D eigenvalue weighted by molar-refractivity contribution is 0.0949. The van der Waals surface area contributed by atoms with Gasteiger partial charge in [-0.1, -0.05) is 0 Å².